The maximum atomic E-state index is 10.7. The molecule has 0 amide bonds. The summed E-state index contributed by atoms with van der Waals surface area (Å²) >= 11 is 0. The highest BCUT2D eigenvalue weighted by atomic mass is 32.2. The molecule has 9 heavy (non-hydrogen) atoms. The first kappa shape index (κ1) is 7.02. The first-order chi connectivity index (χ1) is 3.88. The first-order valence-corrected chi connectivity index (χ1v) is 4.45. The van der Waals surface area contributed by atoms with E-state index in [0.717, 1.165) is 0 Å². The Morgan fingerprint density at radius 1 is 1.67 bits per heavy atom. The van der Waals surface area contributed by atoms with E-state index in [1.165, 1.54) is 0 Å². The van der Waals surface area contributed by atoms with E-state index in [4.69, 9.17) is 5.14 Å². The van der Waals surface area contributed by atoms with Crippen molar-refractivity contribution in [2.24, 2.45) is 11.1 Å². The lowest BCUT2D eigenvalue weighted by Gasteiger charge is -2.03. The van der Waals surface area contributed by atoms with Crippen LogP contribution in [-0.4, -0.2) is 13.2 Å². The molecule has 0 aromatic heterocycles. The maximum Gasteiger partial charge on any atom is 0.214 e. The SMILES string of the molecule is C[C@@H]1C[C@@]1(C)S(N)(=O)=O. The Kier molecular flexibility index (Phi) is 1.16. The van der Waals surface area contributed by atoms with Crippen LogP contribution >= 0.6 is 0 Å². The van der Waals surface area contributed by atoms with E-state index < -0.39 is 14.8 Å². The molecule has 3 nitrogen and oxygen atoms in total. The molecule has 0 aromatic rings. The van der Waals surface area contributed by atoms with Crippen molar-refractivity contribution >= 4 is 10.0 Å². The third kappa shape index (κ3) is 0.861. The van der Waals surface area contributed by atoms with Gasteiger partial charge in [0.25, 0.3) is 0 Å². The Bertz CT molecular complexity index is 221. The fourth-order valence-electron chi connectivity index (χ4n) is 0.946. The predicted molar refractivity (Wildman–Crippen MR) is 35.3 cm³/mol. The van der Waals surface area contributed by atoms with Gasteiger partial charge in [-0.15, -0.1) is 0 Å². The molecule has 1 saturated carbocycles. The molecule has 1 aliphatic carbocycles. The zero-order valence-electron chi connectivity index (χ0n) is 5.59. The molecular formula is C5H11NO2S. The quantitative estimate of drug-likeness (QED) is 0.573. The van der Waals surface area contributed by atoms with E-state index in [2.05, 4.69) is 0 Å². The molecule has 1 aliphatic rings. The minimum Gasteiger partial charge on any atom is -0.228 e. The molecular weight excluding hydrogens is 138 g/mol. The van der Waals surface area contributed by atoms with Crippen molar-refractivity contribution < 1.29 is 8.42 Å². The van der Waals surface area contributed by atoms with Gasteiger partial charge in [0, 0.05) is 0 Å². The van der Waals surface area contributed by atoms with E-state index in [0.29, 0.717) is 6.42 Å². The second-order valence-corrected chi connectivity index (χ2v) is 4.99. The Balaban J connectivity index is 2.90. The highest BCUT2D eigenvalue weighted by Crippen LogP contribution is 2.47. The lowest BCUT2D eigenvalue weighted by molar-refractivity contribution is 0.578. The molecule has 0 saturated heterocycles. The van der Waals surface area contributed by atoms with Gasteiger partial charge in [0.1, 0.15) is 0 Å². The van der Waals surface area contributed by atoms with E-state index >= 15 is 0 Å². The van der Waals surface area contributed by atoms with Crippen LogP contribution < -0.4 is 5.14 Å². The summed E-state index contributed by atoms with van der Waals surface area (Å²) in [5, 5.41) is 4.94. The minimum absolute atomic E-state index is 0.243. The summed E-state index contributed by atoms with van der Waals surface area (Å²) < 4.78 is 20.8. The molecule has 0 radical (unpaired) electrons. The number of nitrogens with two attached hydrogens (primary N) is 1. The summed E-state index contributed by atoms with van der Waals surface area (Å²) in [6, 6.07) is 0. The van der Waals surface area contributed by atoms with Crippen molar-refractivity contribution in [1.82, 2.24) is 0 Å². The summed E-state index contributed by atoms with van der Waals surface area (Å²) in [5.74, 6) is 0.243. The Hall–Kier alpha value is -0.0900. The van der Waals surface area contributed by atoms with Crippen molar-refractivity contribution in [2.45, 2.75) is 25.0 Å². The average molecular weight is 149 g/mol. The van der Waals surface area contributed by atoms with Gasteiger partial charge >= 0.3 is 0 Å². The molecule has 0 aromatic carbocycles. The lowest BCUT2D eigenvalue weighted by Crippen LogP contribution is -2.28. The molecule has 0 spiro atoms. The van der Waals surface area contributed by atoms with Crippen LogP contribution in [0.5, 0.6) is 0 Å². The molecule has 0 heterocycles. The fourth-order valence-corrected chi connectivity index (χ4v) is 1.99. The zero-order valence-corrected chi connectivity index (χ0v) is 6.40. The highest BCUT2D eigenvalue weighted by molar-refractivity contribution is 7.90. The number of primary sulfonamides is 1. The van der Waals surface area contributed by atoms with Gasteiger partial charge < -0.3 is 0 Å². The fraction of sp³-hybridized carbons (Fsp3) is 1.00. The summed E-state index contributed by atoms with van der Waals surface area (Å²) in [6.45, 7) is 3.58. The van der Waals surface area contributed by atoms with Crippen LogP contribution in [0.3, 0.4) is 0 Å². The molecule has 0 aliphatic heterocycles. The van der Waals surface area contributed by atoms with E-state index in [-0.39, 0.29) is 5.92 Å². The molecule has 1 fully saturated rings. The van der Waals surface area contributed by atoms with E-state index in [1.54, 1.807) is 6.92 Å². The molecule has 54 valence electrons. The molecule has 2 atom stereocenters. The van der Waals surface area contributed by atoms with Gasteiger partial charge in [-0.1, -0.05) is 6.92 Å². The van der Waals surface area contributed by atoms with Crippen molar-refractivity contribution in [2.75, 3.05) is 0 Å². The van der Waals surface area contributed by atoms with Crippen LogP contribution in [0.15, 0.2) is 0 Å². The predicted octanol–water partition coefficient (Wildman–Crippen LogP) is 0.0734. The van der Waals surface area contributed by atoms with Gasteiger partial charge in [0.2, 0.25) is 10.0 Å². The average Bonchev–Trinajstić information content (AvgIpc) is 2.13. The smallest absolute Gasteiger partial charge is 0.214 e. The van der Waals surface area contributed by atoms with Crippen molar-refractivity contribution in [3.63, 3.8) is 0 Å². The largest absolute Gasteiger partial charge is 0.228 e. The summed E-state index contributed by atoms with van der Waals surface area (Å²) in [4.78, 5) is 0. The lowest BCUT2D eigenvalue weighted by atomic mass is 10.4. The van der Waals surface area contributed by atoms with Crippen LogP contribution in [0, 0.1) is 5.92 Å². The summed E-state index contributed by atoms with van der Waals surface area (Å²) in [7, 11) is -3.28. The molecule has 4 heteroatoms. The number of sulfonamides is 1. The monoisotopic (exact) mass is 149 g/mol. The van der Waals surface area contributed by atoms with Crippen molar-refractivity contribution in [3.05, 3.63) is 0 Å². The number of hydrogen-bond acceptors (Lipinski definition) is 2. The first-order valence-electron chi connectivity index (χ1n) is 2.90. The third-order valence-corrected chi connectivity index (χ3v) is 4.11. The molecule has 2 N–H and O–H groups in total. The zero-order chi connectivity index (χ0) is 7.28. The van der Waals surface area contributed by atoms with Gasteiger partial charge in [0.15, 0.2) is 0 Å². The van der Waals surface area contributed by atoms with Crippen LogP contribution in [0.1, 0.15) is 20.3 Å². The van der Waals surface area contributed by atoms with Crippen LogP contribution in [0.2, 0.25) is 0 Å². The van der Waals surface area contributed by atoms with E-state index in [9.17, 15) is 8.42 Å². The molecule has 1 rings (SSSR count). The summed E-state index contributed by atoms with van der Waals surface area (Å²) in [5.41, 5.74) is 0. The Morgan fingerprint density at radius 2 is 2.00 bits per heavy atom. The van der Waals surface area contributed by atoms with Crippen LogP contribution in [-0.2, 0) is 10.0 Å². The van der Waals surface area contributed by atoms with Gasteiger partial charge in [-0.2, -0.15) is 0 Å². The second-order valence-electron chi connectivity index (χ2n) is 2.96. The van der Waals surface area contributed by atoms with Gasteiger partial charge in [-0.05, 0) is 19.3 Å². The van der Waals surface area contributed by atoms with Crippen LogP contribution in [0.4, 0.5) is 0 Å². The van der Waals surface area contributed by atoms with Crippen LogP contribution in [0.25, 0.3) is 0 Å². The maximum absolute atomic E-state index is 10.7. The van der Waals surface area contributed by atoms with E-state index in [1.807, 2.05) is 6.92 Å². The number of rotatable bonds is 1. The van der Waals surface area contributed by atoms with Gasteiger partial charge in [-0.3, -0.25) is 0 Å². The number of hydrogen-bond donors (Lipinski definition) is 1. The third-order valence-electron chi connectivity index (χ3n) is 2.24. The standard InChI is InChI=1S/C5H11NO2S/c1-4-3-5(4,2)9(6,7)8/h4H,3H2,1-2H3,(H2,6,7,8)/t4-,5-/m1/s1. The second kappa shape index (κ2) is 1.49. The summed E-state index contributed by atoms with van der Waals surface area (Å²) in [6.07, 6.45) is 0.714. The topological polar surface area (TPSA) is 60.2 Å². The van der Waals surface area contributed by atoms with Crippen molar-refractivity contribution in [1.29, 1.82) is 0 Å². The van der Waals surface area contributed by atoms with Gasteiger partial charge in [-0.25, -0.2) is 13.6 Å². The van der Waals surface area contributed by atoms with Gasteiger partial charge in [0.05, 0.1) is 4.75 Å². The Morgan fingerprint density at radius 3 is 2.00 bits per heavy atom. The molecule has 0 unspecified atom stereocenters. The van der Waals surface area contributed by atoms with Crippen molar-refractivity contribution in [3.8, 4) is 0 Å². The Labute approximate surface area is 55.3 Å². The minimum atomic E-state index is -3.28. The highest BCUT2D eigenvalue weighted by Gasteiger charge is 2.55. The normalized spacial score (nSPS) is 42.8. The molecule has 0 bridgehead atoms.